The summed E-state index contributed by atoms with van der Waals surface area (Å²) in [6.07, 6.45) is 0. The first-order valence-electron chi connectivity index (χ1n) is 33.2. The number of nitrogens with zero attached hydrogens (tertiary/aromatic N) is 3. The van der Waals surface area contributed by atoms with Crippen LogP contribution in [0.15, 0.2) is 249 Å². The zero-order valence-electron chi connectivity index (χ0n) is 53.7. The molecule has 436 valence electrons. The normalized spacial score (nSPS) is 12.7. The van der Waals surface area contributed by atoms with Gasteiger partial charge < -0.3 is 13.4 Å². The summed E-state index contributed by atoms with van der Waals surface area (Å²) in [5.74, 6) is 1.96. The number of rotatable bonds is 7. The summed E-state index contributed by atoms with van der Waals surface area (Å²) in [6, 6.07) is 91.8. The predicted octanol–water partition coefficient (Wildman–Crippen LogP) is 25.2. The lowest BCUT2D eigenvalue weighted by atomic mass is 9.95. The van der Waals surface area contributed by atoms with E-state index < -0.39 is 0 Å². The highest BCUT2D eigenvalue weighted by atomic mass is 15.0. The zero-order chi connectivity index (χ0) is 62.1. The van der Waals surface area contributed by atoms with Gasteiger partial charge in [-0.25, -0.2) is 0 Å². The van der Waals surface area contributed by atoms with Gasteiger partial charge in [-0.15, -0.1) is 0 Å². The fraction of sp³-hybridized carbons (Fsp3) is 0.136. The van der Waals surface area contributed by atoms with Crippen molar-refractivity contribution in [3.05, 3.63) is 271 Å². The van der Waals surface area contributed by atoms with E-state index in [0.717, 1.165) is 5.56 Å². The van der Waals surface area contributed by atoms with Crippen molar-refractivity contribution in [1.82, 2.24) is 13.4 Å². The van der Waals surface area contributed by atoms with E-state index in [-0.39, 0.29) is 0 Å². The molecule has 0 bridgehead atoms. The van der Waals surface area contributed by atoms with Crippen molar-refractivity contribution >= 4 is 141 Å². The molecule has 0 saturated carbocycles. The van der Waals surface area contributed by atoms with Crippen LogP contribution in [-0.2, 0) is 0 Å². The van der Waals surface area contributed by atoms with E-state index in [0.29, 0.717) is 29.7 Å². The van der Waals surface area contributed by atoms with Crippen LogP contribution in [-0.4, -0.2) is 13.4 Å². The van der Waals surface area contributed by atoms with Gasteiger partial charge in [0.05, 0.1) is 45.5 Å². The van der Waals surface area contributed by atoms with Crippen LogP contribution in [0.4, 0.5) is 0 Å². The minimum Gasteiger partial charge on any atom is -0.309 e. The minimum atomic E-state index is 0.486. The summed E-state index contributed by atoms with van der Waals surface area (Å²) < 4.78 is 15.4. The Bertz CT molecular complexity index is 5920. The monoisotopic (exact) mass is 1170 g/mol. The van der Waals surface area contributed by atoms with Crippen LogP contribution in [0.5, 0.6) is 0 Å². The number of para-hydroxylation sites is 2. The van der Waals surface area contributed by atoms with Gasteiger partial charge in [-0.3, -0.25) is 0 Å². The van der Waals surface area contributed by atoms with Crippen LogP contribution in [0, 0.1) is 0 Å². The fourth-order valence-corrected chi connectivity index (χ4v) is 15.5. The van der Waals surface area contributed by atoms with E-state index in [1.807, 2.05) is 12.1 Å². The van der Waals surface area contributed by atoms with Crippen molar-refractivity contribution < 1.29 is 1.37 Å². The summed E-state index contributed by atoms with van der Waals surface area (Å²) in [7, 11) is 0. The molecule has 0 atom stereocenters. The molecule has 0 spiro atoms. The van der Waals surface area contributed by atoms with Crippen molar-refractivity contribution in [2.45, 2.75) is 79.1 Å². The SMILES string of the molecule is CC(C)c1ccc2cc3c(cc2c1)c1cc(-c2ccc(-n4c5ccccc5c5ccccc54)cc2)cc2c4cc5cc(C(C)C)ccc5cc4n3c12.[2H]c1ccc(-c2cc3c4cc5cc(C(C)C)ccc5cc4n4c5cc6ccc(C(C)C)cc6cc5c(c2)c34)cc1. The molecule has 3 heteroatoms. The Balaban J connectivity index is 0.000000141. The number of hydrogen-bond donors (Lipinski definition) is 0. The summed E-state index contributed by atoms with van der Waals surface area (Å²) >= 11 is 0. The molecule has 3 nitrogen and oxygen atoms in total. The van der Waals surface area contributed by atoms with Gasteiger partial charge in [0, 0.05) is 59.5 Å². The molecular weight excluding hydrogens is 1100 g/mol. The van der Waals surface area contributed by atoms with Crippen LogP contribution >= 0.6 is 0 Å². The Morgan fingerprint density at radius 1 is 0.242 bits per heavy atom. The summed E-state index contributed by atoms with van der Waals surface area (Å²) in [6.45, 7) is 18.2. The highest BCUT2D eigenvalue weighted by Gasteiger charge is 2.24. The Morgan fingerprint density at radius 2 is 0.560 bits per heavy atom. The Labute approximate surface area is 530 Å². The largest absolute Gasteiger partial charge is 0.309 e. The van der Waals surface area contributed by atoms with Gasteiger partial charge in [-0.05, 0) is 208 Å². The lowest BCUT2D eigenvalue weighted by Gasteiger charge is -2.10. The van der Waals surface area contributed by atoms with Crippen LogP contribution in [0.25, 0.3) is 169 Å². The Hall–Kier alpha value is -10.5. The van der Waals surface area contributed by atoms with Crippen molar-refractivity contribution in [3.63, 3.8) is 0 Å². The molecule has 0 N–H and O–H groups in total. The maximum absolute atomic E-state index is 8.00. The second-order valence-electron chi connectivity index (χ2n) is 27.2. The van der Waals surface area contributed by atoms with Crippen LogP contribution in [0.2, 0.25) is 0 Å². The summed E-state index contributed by atoms with van der Waals surface area (Å²) in [4.78, 5) is 0. The topological polar surface area (TPSA) is 13.8 Å². The molecule has 0 aliphatic heterocycles. The molecule has 19 rings (SSSR count). The molecule has 14 aromatic carbocycles. The van der Waals surface area contributed by atoms with E-state index in [4.69, 9.17) is 1.37 Å². The number of benzene rings is 14. The number of fused-ring (bicyclic) bond motifs is 19. The lowest BCUT2D eigenvalue weighted by molar-refractivity contribution is 0.869. The molecule has 5 aromatic heterocycles. The zero-order valence-corrected chi connectivity index (χ0v) is 52.7. The quantitative estimate of drug-likeness (QED) is 0.151. The summed E-state index contributed by atoms with van der Waals surface area (Å²) in [5.41, 5.74) is 21.6. The van der Waals surface area contributed by atoms with E-state index in [2.05, 4.69) is 299 Å². The summed E-state index contributed by atoms with van der Waals surface area (Å²) in [5, 5.41) is 23.3. The van der Waals surface area contributed by atoms with Gasteiger partial charge in [-0.2, -0.15) is 0 Å². The molecule has 5 heterocycles. The Morgan fingerprint density at radius 3 is 0.890 bits per heavy atom. The van der Waals surface area contributed by atoms with E-state index >= 15 is 0 Å². The molecule has 0 saturated heterocycles. The number of aromatic nitrogens is 3. The van der Waals surface area contributed by atoms with Gasteiger partial charge in [-0.1, -0.05) is 207 Å². The van der Waals surface area contributed by atoms with Gasteiger partial charge in [0.1, 0.15) is 0 Å². The molecule has 0 aliphatic carbocycles. The molecule has 91 heavy (non-hydrogen) atoms. The first-order chi connectivity index (χ1) is 44.8. The molecule has 0 unspecified atom stereocenters. The number of hydrogen-bond acceptors (Lipinski definition) is 0. The van der Waals surface area contributed by atoms with Crippen molar-refractivity contribution in [2.75, 3.05) is 0 Å². The van der Waals surface area contributed by atoms with Crippen molar-refractivity contribution in [3.8, 4) is 27.9 Å². The molecule has 19 aromatic rings. The molecular formula is C88H69N3. The average Bonchev–Trinajstić information content (AvgIpc) is 1.57. The Kier molecular flexibility index (Phi) is 11.5. The maximum Gasteiger partial charge on any atom is 0.0623 e. The maximum atomic E-state index is 8.00. The van der Waals surface area contributed by atoms with Gasteiger partial charge in [0.15, 0.2) is 0 Å². The van der Waals surface area contributed by atoms with Crippen molar-refractivity contribution in [1.29, 1.82) is 0 Å². The first kappa shape index (κ1) is 52.5. The third-order valence-corrected chi connectivity index (χ3v) is 20.5. The van der Waals surface area contributed by atoms with E-state index in [1.165, 1.54) is 186 Å². The van der Waals surface area contributed by atoms with Gasteiger partial charge in [0.25, 0.3) is 0 Å². The van der Waals surface area contributed by atoms with Crippen LogP contribution in [0.3, 0.4) is 0 Å². The van der Waals surface area contributed by atoms with E-state index in [9.17, 15) is 0 Å². The third-order valence-electron chi connectivity index (χ3n) is 20.5. The lowest BCUT2D eigenvalue weighted by Crippen LogP contribution is -1.93. The highest BCUT2D eigenvalue weighted by Crippen LogP contribution is 2.47. The van der Waals surface area contributed by atoms with E-state index in [1.54, 1.807) is 0 Å². The van der Waals surface area contributed by atoms with Gasteiger partial charge >= 0.3 is 0 Å². The minimum absolute atomic E-state index is 0.486. The fourth-order valence-electron chi connectivity index (χ4n) is 15.5. The second-order valence-corrected chi connectivity index (χ2v) is 27.2. The first-order valence-corrected chi connectivity index (χ1v) is 32.7. The predicted molar refractivity (Wildman–Crippen MR) is 394 cm³/mol. The van der Waals surface area contributed by atoms with Gasteiger partial charge in [0.2, 0.25) is 0 Å². The van der Waals surface area contributed by atoms with Crippen LogP contribution in [0.1, 0.15) is 103 Å². The van der Waals surface area contributed by atoms with Crippen molar-refractivity contribution in [2.24, 2.45) is 0 Å². The second kappa shape index (κ2) is 20.0. The smallest absolute Gasteiger partial charge is 0.0623 e. The average molecular weight is 1170 g/mol. The third kappa shape index (κ3) is 8.19. The highest BCUT2D eigenvalue weighted by molar-refractivity contribution is 6.29. The standard InChI is InChI=1S/C50H38N2.C38H31N/c1-29(2)32-13-15-34-27-48-42(23-36(34)21-32)44-25-38(26-45-43-24-37-22-33(30(3)4)14-16-35(37)28-49(43)52(48)50(44)45)31-17-19-39(20-18-31)51-46-11-7-5-9-40(46)41-10-6-8-12-47(41)51;1-22(2)25-10-12-27-20-36-32(16-29(27)14-25)34-18-31(24-8-6-5-7-9-24)19-35-33-17-30-15-26(23(3)4)11-13-28(30)21-37(33)39(36)38(34)35/h5-30H,1-4H3;5-23H,1-4H3/i;5D. The molecule has 0 fully saturated rings. The molecule has 0 amide bonds. The molecule has 0 radical (unpaired) electrons. The van der Waals surface area contributed by atoms with Crippen LogP contribution < -0.4 is 0 Å². The molecule has 0 aliphatic rings.